The summed E-state index contributed by atoms with van der Waals surface area (Å²) in [7, 11) is 0. The molecule has 0 radical (unpaired) electrons. The number of carbonyl (C=O) groups is 1. The molecule has 5 heteroatoms. The van der Waals surface area contributed by atoms with E-state index in [1.807, 2.05) is 0 Å². The van der Waals surface area contributed by atoms with Gasteiger partial charge >= 0.3 is 18.2 Å². The van der Waals surface area contributed by atoms with Crippen LogP contribution < -0.4 is 0 Å². The minimum Gasteiger partial charge on any atom is -0.478 e. The first-order chi connectivity index (χ1) is 6.59. The van der Waals surface area contributed by atoms with Crippen molar-refractivity contribution in [3.63, 3.8) is 0 Å². The molecular weight excluding hydrogens is 188 g/mol. The van der Waals surface area contributed by atoms with Crippen molar-refractivity contribution in [1.29, 1.82) is 0 Å². The average molecular weight is 195 g/mol. The van der Waals surface area contributed by atoms with Crippen LogP contribution in [0.15, 0.2) is 18.2 Å². The summed E-state index contributed by atoms with van der Waals surface area (Å²) in [6.07, 6.45) is -1.29. The first-order valence-electron chi connectivity index (χ1n) is 3.88. The van der Waals surface area contributed by atoms with E-state index in [0.717, 1.165) is 0 Å². The van der Waals surface area contributed by atoms with Crippen molar-refractivity contribution in [3.8, 4) is 0 Å². The third kappa shape index (κ3) is 1.14. The number of hydrogen-bond donors (Lipinski definition) is 2. The zero-order chi connectivity index (χ0) is 10.3. The first-order valence-corrected chi connectivity index (χ1v) is 3.88. The van der Waals surface area contributed by atoms with Gasteiger partial charge in [0, 0.05) is 0 Å². The van der Waals surface area contributed by atoms with Crippen molar-refractivity contribution < 1.29 is 24.5 Å². The number of aliphatic hydroxyl groups is 1. The Balaban J connectivity index is 2.55. The van der Waals surface area contributed by atoms with E-state index in [-0.39, 0.29) is 17.1 Å². The molecule has 0 bridgehead atoms. The second kappa shape index (κ2) is 2.81. The van der Waals surface area contributed by atoms with Crippen LogP contribution in [0.25, 0.3) is 0 Å². The zero-order valence-electron chi connectivity index (χ0n) is 6.97. The predicted octanol–water partition coefficient (Wildman–Crippen LogP) is 0.256. The molecule has 2 rings (SSSR count). The smallest absolute Gasteiger partial charge is 0.478 e. The van der Waals surface area contributed by atoms with E-state index < -0.39 is 12.3 Å². The molecule has 1 atom stereocenters. The molecule has 1 aliphatic rings. The normalized spacial score (nSPS) is 18.9. The van der Waals surface area contributed by atoms with Gasteiger partial charge in [0.2, 0.25) is 0 Å². The van der Waals surface area contributed by atoms with Crippen LogP contribution in [0.2, 0.25) is 0 Å². The van der Waals surface area contributed by atoms with Gasteiger partial charge in [-0.25, -0.2) is 4.79 Å². The highest BCUT2D eigenvalue weighted by atomic mass is 16.6. The molecule has 5 nitrogen and oxygen atoms in total. The van der Waals surface area contributed by atoms with Crippen LogP contribution in [0.5, 0.6) is 0 Å². The third-order valence-electron chi connectivity index (χ3n) is 2.02. The number of aliphatic hydroxyl groups excluding tert-OH is 1. The lowest BCUT2D eigenvalue weighted by Gasteiger charge is -1.97. The Morgan fingerprint density at radius 3 is 2.86 bits per heavy atom. The molecule has 0 saturated carbocycles. The van der Waals surface area contributed by atoms with Crippen molar-refractivity contribution in [1.82, 2.24) is 0 Å². The lowest BCUT2D eigenvalue weighted by Crippen LogP contribution is -1.99. The Hall–Kier alpha value is -1.88. The van der Waals surface area contributed by atoms with Gasteiger partial charge in [-0.05, 0) is 18.2 Å². The maximum absolute atomic E-state index is 10.6. The molecule has 0 aliphatic carbocycles. The second-order valence-corrected chi connectivity index (χ2v) is 2.88. The fourth-order valence-electron chi connectivity index (χ4n) is 1.33. The molecule has 14 heavy (non-hydrogen) atoms. The first kappa shape index (κ1) is 8.71. The highest BCUT2D eigenvalue weighted by Crippen LogP contribution is 2.28. The minimum absolute atomic E-state index is 0.0427. The number of carboxylic acids is 1. The molecule has 1 aromatic carbocycles. The number of benzene rings is 1. The molecular formula is C9H7O5+. The Labute approximate surface area is 78.5 Å². The number of fused-ring (bicyclic) bond motifs is 1. The number of aromatic carboxylic acids is 1. The Morgan fingerprint density at radius 1 is 1.50 bits per heavy atom. The Kier molecular flexibility index (Phi) is 1.75. The summed E-state index contributed by atoms with van der Waals surface area (Å²) >= 11 is 0. The molecule has 0 aromatic heterocycles. The van der Waals surface area contributed by atoms with Gasteiger partial charge in [0.25, 0.3) is 0 Å². The van der Waals surface area contributed by atoms with Crippen molar-refractivity contribution >= 4 is 11.9 Å². The van der Waals surface area contributed by atoms with Gasteiger partial charge in [0.05, 0.1) is 11.1 Å². The Bertz CT molecular complexity index is 423. The maximum atomic E-state index is 10.6. The third-order valence-corrected chi connectivity index (χ3v) is 2.02. The molecule has 1 heterocycles. The molecule has 1 aliphatic heterocycles. The van der Waals surface area contributed by atoms with E-state index >= 15 is 0 Å². The summed E-state index contributed by atoms with van der Waals surface area (Å²) < 4.78 is 4.60. The second-order valence-electron chi connectivity index (χ2n) is 2.88. The van der Waals surface area contributed by atoms with E-state index in [1.165, 1.54) is 18.2 Å². The van der Waals surface area contributed by atoms with Gasteiger partial charge in [0.15, 0.2) is 0 Å². The van der Waals surface area contributed by atoms with Crippen molar-refractivity contribution in [2.24, 2.45) is 0 Å². The van der Waals surface area contributed by atoms with Gasteiger partial charge in [-0.15, -0.1) is 0 Å². The summed E-state index contributed by atoms with van der Waals surface area (Å²) in [5, 5.41) is 17.9. The van der Waals surface area contributed by atoms with E-state index in [4.69, 9.17) is 9.90 Å². The summed E-state index contributed by atoms with van der Waals surface area (Å²) in [5.41, 5.74) is 0.631. The van der Waals surface area contributed by atoms with Crippen molar-refractivity contribution in [2.45, 2.75) is 6.29 Å². The molecule has 0 saturated heterocycles. The number of rotatable bonds is 1. The van der Waals surface area contributed by atoms with E-state index in [2.05, 4.69) is 4.74 Å². The lowest BCUT2D eigenvalue weighted by atomic mass is 10.1. The summed E-state index contributed by atoms with van der Waals surface area (Å²) in [4.78, 5) is 19.8. The molecule has 1 unspecified atom stereocenters. The zero-order valence-corrected chi connectivity index (χ0v) is 6.97. The fraction of sp³-hybridized carbons (Fsp3) is 0.111. The van der Waals surface area contributed by atoms with Crippen LogP contribution in [0.1, 0.15) is 27.8 Å². The molecule has 72 valence electrons. The Morgan fingerprint density at radius 2 is 2.21 bits per heavy atom. The molecule has 1 aromatic rings. The number of cyclic esters (lactones) is 1. The van der Waals surface area contributed by atoms with Gasteiger partial charge in [-0.3, -0.25) is 4.74 Å². The standard InChI is InChI=1S/C9H6O5/c10-7(11)4-1-2-5-6(3-4)9(13)14-8(5)12/h1-3,9,13H,(H,10,11)/p+1. The largest absolute Gasteiger partial charge is 0.520 e. The number of ether oxygens (including phenoxy) is 1. The monoisotopic (exact) mass is 195 g/mol. The maximum Gasteiger partial charge on any atom is 0.520 e. The summed E-state index contributed by atoms with van der Waals surface area (Å²) in [5.74, 6) is -1.48. The van der Waals surface area contributed by atoms with Gasteiger partial charge in [-0.2, -0.15) is 0 Å². The lowest BCUT2D eigenvalue weighted by molar-refractivity contribution is -0.0244. The van der Waals surface area contributed by atoms with Crippen LogP contribution in [0.4, 0.5) is 0 Å². The highest BCUT2D eigenvalue weighted by molar-refractivity contribution is 5.96. The number of hydrogen-bond acceptors (Lipinski definition) is 3. The molecule has 3 N–H and O–H groups in total. The minimum atomic E-state index is -1.29. The van der Waals surface area contributed by atoms with Crippen LogP contribution >= 0.6 is 0 Å². The molecule has 0 spiro atoms. The van der Waals surface area contributed by atoms with Gasteiger partial charge in [-0.1, -0.05) is 0 Å². The fourth-order valence-corrected chi connectivity index (χ4v) is 1.33. The summed E-state index contributed by atoms with van der Waals surface area (Å²) in [6, 6.07) is 3.99. The molecule has 0 amide bonds. The van der Waals surface area contributed by atoms with E-state index in [9.17, 15) is 9.90 Å². The topological polar surface area (TPSA) is 88.2 Å². The van der Waals surface area contributed by atoms with E-state index in [0.29, 0.717) is 5.56 Å². The number of esters is 1. The molecule has 0 fully saturated rings. The summed E-state index contributed by atoms with van der Waals surface area (Å²) in [6.45, 7) is 0. The van der Waals surface area contributed by atoms with E-state index in [1.54, 1.807) is 0 Å². The quantitative estimate of drug-likeness (QED) is 0.496. The van der Waals surface area contributed by atoms with Crippen LogP contribution in [-0.4, -0.2) is 26.9 Å². The number of carbonyl (C=O) groups excluding carboxylic acids is 1. The van der Waals surface area contributed by atoms with Crippen molar-refractivity contribution in [2.75, 3.05) is 0 Å². The number of carboxylic acid groups (broad SMARTS) is 1. The van der Waals surface area contributed by atoms with Gasteiger partial charge < -0.3 is 15.0 Å². The van der Waals surface area contributed by atoms with Crippen LogP contribution in [0, 0.1) is 0 Å². The highest BCUT2D eigenvalue weighted by Gasteiger charge is 2.38. The predicted molar refractivity (Wildman–Crippen MR) is 45.5 cm³/mol. The van der Waals surface area contributed by atoms with Crippen LogP contribution in [-0.2, 0) is 4.74 Å². The van der Waals surface area contributed by atoms with Crippen LogP contribution in [0.3, 0.4) is 0 Å². The van der Waals surface area contributed by atoms with Crippen molar-refractivity contribution in [3.05, 3.63) is 34.9 Å². The SMILES string of the molecule is O=C(O)c1ccc2c(c1)C(O)OC2=[OH+]. The average Bonchev–Trinajstić information content (AvgIpc) is 2.42. The van der Waals surface area contributed by atoms with Gasteiger partial charge in [0.1, 0.15) is 5.56 Å².